The third-order valence-corrected chi connectivity index (χ3v) is 2.83. The number of hydrogen-bond donors (Lipinski definition) is 2. The molecule has 82 valence electrons. The number of piperidine rings is 1. The summed E-state index contributed by atoms with van der Waals surface area (Å²) in [5.74, 6) is 1.18. The molecule has 0 atom stereocenters. The van der Waals surface area contributed by atoms with Gasteiger partial charge in [0.2, 0.25) is 5.91 Å². The largest absolute Gasteiger partial charge is 0.467 e. The van der Waals surface area contributed by atoms with Gasteiger partial charge in [-0.1, -0.05) is 0 Å². The number of furan rings is 1. The predicted molar refractivity (Wildman–Crippen MR) is 54.9 cm³/mol. The van der Waals surface area contributed by atoms with E-state index in [0.29, 0.717) is 6.54 Å². The Balaban J connectivity index is 1.76. The van der Waals surface area contributed by atoms with Gasteiger partial charge in [0, 0.05) is 18.8 Å². The minimum atomic E-state index is 0.166. The van der Waals surface area contributed by atoms with E-state index in [9.17, 15) is 4.79 Å². The maximum Gasteiger partial charge on any atom is 0.223 e. The van der Waals surface area contributed by atoms with Crippen molar-refractivity contribution in [1.82, 2.24) is 5.32 Å². The first kappa shape index (κ1) is 10.2. The Bertz CT molecular complexity index is 302. The van der Waals surface area contributed by atoms with Gasteiger partial charge < -0.3 is 15.1 Å². The highest BCUT2D eigenvalue weighted by atomic mass is 16.3. The van der Waals surface area contributed by atoms with Crippen LogP contribution in [0.3, 0.4) is 0 Å². The molecule has 0 aliphatic carbocycles. The number of carbonyl (C=O) groups is 1. The summed E-state index contributed by atoms with van der Waals surface area (Å²) in [6, 6.07) is 3.70. The lowest BCUT2D eigenvalue weighted by atomic mass is 9.97. The van der Waals surface area contributed by atoms with Crippen molar-refractivity contribution in [1.29, 1.82) is 0 Å². The zero-order chi connectivity index (χ0) is 10.5. The van der Waals surface area contributed by atoms with Crippen molar-refractivity contribution < 1.29 is 14.5 Å². The smallest absolute Gasteiger partial charge is 0.223 e. The van der Waals surface area contributed by atoms with Crippen molar-refractivity contribution >= 4 is 5.91 Å². The molecule has 2 rings (SSSR count). The quantitative estimate of drug-likeness (QED) is 0.728. The number of amides is 1. The maximum atomic E-state index is 11.7. The number of quaternary nitrogens is 1. The zero-order valence-corrected chi connectivity index (χ0v) is 8.74. The predicted octanol–water partition coefficient (Wildman–Crippen LogP) is -0.131. The maximum absolute atomic E-state index is 11.7. The van der Waals surface area contributed by atoms with Crippen LogP contribution < -0.4 is 10.6 Å². The van der Waals surface area contributed by atoms with Gasteiger partial charge in [-0.05, 0) is 12.1 Å². The van der Waals surface area contributed by atoms with Crippen LogP contribution in [0.1, 0.15) is 18.6 Å². The molecule has 1 saturated heterocycles. The van der Waals surface area contributed by atoms with Crippen LogP contribution in [0.4, 0.5) is 0 Å². The number of hydrogen-bond acceptors (Lipinski definition) is 2. The van der Waals surface area contributed by atoms with Crippen LogP contribution in [0.25, 0.3) is 0 Å². The highest BCUT2D eigenvalue weighted by Crippen LogP contribution is 2.09. The molecule has 0 bridgehead atoms. The lowest BCUT2D eigenvalue weighted by Gasteiger charge is -2.19. The van der Waals surface area contributed by atoms with Crippen molar-refractivity contribution in [2.75, 3.05) is 13.1 Å². The molecule has 4 heteroatoms. The monoisotopic (exact) mass is 209 g/mol. The third-order valence-electron chi connectivity index (χ3n) is 2.83. The Morgan fingerprint density at radius 2 is 2.33 bits per heavy atom. The van der Waals surface area contributed by atoms with Gasteiger partial charge >= 0.3 is 0 Å². The van der Waals surface area contributed by atoms with Gasteiger partial charge in [-0.15, -0.1) is 0 Å². The van der Waals surface area contributed by atoms with E-state index in [1.165, 1.54) is 0 Å². The Hall–Kier alpha value is -1.29. The molecule has 2 heterocycles. The van der Waals surface area contributed by atoms with Gasteiger partial charge in [0.1, 0.15) is 5.76 Å². The molecule has 0 saturated carbocycles. The molecular formula is C11H17N2O2+. The fourth-order valence-electron chi connectivity index (χ4n) is 1.92. The van der Waals surface area contributed by atoms with Gasteiger partial charge in [-0.2, -0.15) is 0 Å². The van der Waals surface area contributed by atoms with Crippen LogP contribution in [0.2, 0.25) is 0 Å². The minimum Gasteiger partial charge on any atom is -0.467 e. The van der Waals surface area contributed by atoms with E-state index in [4.69, 9.17) is 4.42 Å². The molecule has 0 unspecified atom stereocenters. The van der Waals surface area contributed by atoms with Gasteiger partial charge in [0.15, 0.2) is 0 Å². The summed E-state index contributed by atoms with van der Waals surface area (Å²) in [5.41, 5.74) is 0. The van der Waals surface area contributed by atoms with Crippen molar-refractivity contribution in [3.05, 3.63) is 24.2 Å². The first-order valence-electron chi connectivity index (χ1n) is 5.48. The molecule has 4 nitrogen and oxygen atoms in total. The highest BCUT2D eigenvalue weighted by molar-refractivity contribution is 5.78. The zero-order valence-electron chi connectivity index (χ0n) is 8.74. The summed E-state index contributed by atoms with van der Waals surface area (Å²) in [5, 5.41) is 5.17. The lowest BCUT2D eigenvalue weighted by molar-refractivity contribution is -0.664. The van der Waals surface area contributed by atoms with Gasteiger partial charge in [-0.25, -0.2) is 0 Å². The number of nitrogens with one attached hydrogen (secondary N) is 1. The normalized spacial score (nSPS) is 17.6. The average Bonchev–Trinajstić information content (AvgIpc) is 2.80. The molecular weight excluding hydrogens is 192 g/mol. The Morgan fingerprint density at radius 1 is 1.53 bits per heavy atom. The molecule has 0 radical (unpaired) electrons. The molecule has 1 amide bonds. The fourth-order valence-corrected chi connectivity index (χ4v) is 1.92. The van der Waals surface area contributed by atoms with Crippen molar-refractivity contribution in [3.8, 4) is 0 Å². The molecule has 15 heavy (non-hydrogen) atoms. The second-order valence-corrected chi connectivity index (χ2v) is 3.94. The topological polar surface area (TPSA) is 58.9 Å². The fraction of sp³-hybridized carbons (Fsp3) is 0.545. The highest BCUT2D eigenvalue weighted by Gasteiger charge is 2.22. The molecule has 1 aliphatic rings. The molecule has 1 aromatic heterocycles. The first-order valence-corrected chi connectivity index (χ1v) is 5.48. The molecule has 1 fully saturated rings. The summed E-state index contributed by atoms with van der Waals surface area (Å²) >= 11 is 0. The van der Waals surface area contributed by atoms with Crippen molar-refractivity contribution in [2.24, 2.45) is 5.92 Å². The average molecular weight is 209 g/mol. The van der Waals surface area contributed by atoms with E-state index in [2.05, 4.69) is 10.6 Å². The van der Waals surface area contributed by atoms with Crippen molar-refractivity contribution in [2.45, 2.75) is 19.4 Å². The molecule has 0 spiro atoms. The van der Waals surface area contributed by atoms with Crippen LogP contribution in [0.15, 0.2) is 22.8 Å². The number of rotatable bonds is 3. The molecule has 0 aromatic carbocycles. The summed E-state index contributed by atoms with van der Waals surface area (Å²) in [6.45, 7) is 2.64. The first-order chi connectivity index (χ1) is 7.36. The second-order valence-electron chi connectivity index (χ2n) is 3.94. The van der Waals surface area contributed by atoms with Crippen molar-refractivity contribution in [3.63, 3.8) is 0 Å². The Morgan fingerprint density at radius 3 is 3.00 bits per heavy atom. The van der Waals surface area contributed by atoms with E-state index in [1.54, 1.807) is 6.26 Å². The second kappa shape index (κ2) is 4.98. The molecule has 3 N–H and O–H groups in total. The van der Waals surface area contributed by atoms with E-state index in [-0.39, 0.29) is 11.8 Å². The minimum absolute atomic E-state index is 0.166. The van der Waals surface area contributed by atoms with Gasteiger partial charge in [0.05, 0.1) is 25.9 Å². The van der Waals surface area contributed by atoms with E-state index >= 15 is 0 Å². The summed E-state index contributed by atoms with van der Waals surface area (Å²) in [7, 11) is 0. The Labute approximate surface area is 89.0 Å². The lowest BCUT2D eigenvalue weighted by Crippen LogP contribution is -2.86. The van der Waals surface area contributed by atoms with Crippen LogP contribution in [-0.2, 0) is 11.3 Å². The van der Waals surface area contributed by atoms with Crippen LogP contribution in [0, 0.1) is 5.92 Å². The number of nitrogens with two attached hydrogens (primary N) is 1. The standard InChI is InChI=1S/C11H16N2O2/c14-11(9-3-5-12-6-4-9)13-8-10-2-1-7-15-10/h1-2,7,9,12H,3-6,8H2,(H,13,14)/p+1. The van der Waals surface area contributed by atoms with E-state index < -0.39 is 0 Å². The van der Waals surface area contributed by atoms with Crippen LogP contribution in [-0.4, -0.2) is 19.0 Å². The van der Waals surface area contributed by atoms with E-state index in [0.717, 1.165) is 31.7 Å². The van der Waals surface area contributed by atoms with Crippen LogP contribution >= 0.6 is 0 Å². The SMILES string of the molecule is O=C(NCc1ccco1)C1CC[NH2+]CC1. The number of carbonyl (C=O) groups excluding carboxylic acids is 1. The summed E-state index contributed by atoms with van der Waals surface area (Å²) < 4.78 is 5.15. The summed E-state index contributed by atoms with van der Waals surface area (Å²) in [4.78, 5) is 11.7. The molecule has 1 aromatic rings. The Kier molecular flexibility index (Phi) is 3.40. The van der Waals surface area contributed by atoms with Gasteiger partial charge in [0.25, 0.3) is 0 Å². The van der Waals surface area contributed by atoms with E-state index in [1.807, 2.05) is 12.1 Å². The molecule has 1 aliphatic heterocycles. The van der Waals surface area contributed by atoms with Crippen LogP contribution in [0.5, 0.6) is 0 Å². The van der Waals surface area contributed by atoms with Gasteiger partial charge in [-0.3, -0.25) is 4.79 Å². The third kappa shape index (κ3) is 2.83. The summed E-state index contributed by atoms with van der Waals surface area (Å²) in [6.07, 6.45) is 3.60.